The number of nitrogens with one attached hydrogen (secondary N) is 1. The smallest absolute Gasteiger partial charge is 0.0308 e. The molecule has 2 atom stereocenters. The van der Waals surface area contributed by atoms with E-state index in [1.54, 1.807) is 11.3 Å². The maximum atomic E-state index is 3.62. The van der Waals surface area contributed by atoms with Crippen molar-refractivity contribution in [3.63, 3.8) is 0 Å². The zero-order chi connectivity index (χ0) is 12.3. The normalized spacial score (nSPS) is 14.5. The van der Waals surface area contributed by atoms with Gasteiger partial charge in [-0.25, -0.2) is 0 Å². The molecule has 0 amide bonds. The molecule has 0 spiro atoms. The van der Waals surface area contributed by atoms with Gasteiger partial charge in [-0.1, -0.05) is 34.1 Å². The molecule has 0 aliphatic heterocycles. The summed E-state index contributed by atoms with van der Waals surface area (Å²) < 4.78 is 1.16. The van der Waals surface area contributed by atoms with Gasteiger partial charge in [0.2, 0.25) is 0 Å². The lowest BCUT2D eigenvalue weighted by molar-refractivity contribution is 0.494. The summed E-state index contributed by atoms with van der Waals surface area (Å²) in [5.74, 6) is 0. The van der Waals surface area contributed by atoms with Crippen molar-refractivity contribution in [2.45, 2.75) is 25.9 Å². The summed E-state index contributed by atoms with van der Waals surface area (Å²) in [6, 6.07) is 11.2. The average molecular weight is 310 g/mol. The molecular formula is C14H16BrNS. The molecular weight excluding hydrogens is 294 g/mol. The van der Waals surface area contributed by atoms with E-state index in [1.165, 1.54) is 11.1 Å². The van der Waals surface area contributed by atoms with Crippen molar-refractivity contribution >= 4 is 27.3 Å². The van der Waals surface area contributed by atoms with Crippen LogP contribution in [0.1, 0.15) is 37.1 Å². The van der Waals surface area contributed by atoms with Crippen molar-refractivity contribution in [3.05, 3.63) is 56.7 Å². The second kappa shape index (κ2) is 5.80. The van der Waals surface area contributed by atoms with E-state index in [-0.39, 0.29) is 0 Å². The second-order valence-corrected chi connectivity index (χ2v) is 5.82. The van der Waals surface area contributed by atoms with E-state index in [2.05, 4.69) is 70.1 Å². The fourth-order valence-corrected chi connectivity index (χ4v) is 3.29. The molecule has 0 unspecified atom stereocenters. The zero-order valence-electron chi connectivity index (χ0n) is 9.98. The summed E-state index contributed by atoms with van der Waals surface area (Å²) in [4.78, 5) is 0. The molecule has 1 aromatic carbocycles. The quantitative estimate of drug-likeness (QED) is 0.845. The van der Waals surface area contributed by atoms with E-state index in [0.717, 1.165) is 4.47 Å². The summed E-state index contributed by atoms with van der Waals surface area (Å²) in [6.07, 6.45) is 0. The molecule has 1 aromatic heterocycles. The molecule has 2 aromatic rings. The molecule has 90 valence electrons. The van der Waals surface area contributed by atoms with Gasteiger partial charge in [-0.05, 0) is 47.9 Å². The van der Waals surface area contributed by atoms with Gasteiger partial charge in [-0.2, -0.15) is 11.3 Å². The van der Waals surface area contributed by atoms with Gasteiger partial charge >= 0.3 is 0 Å². The third-order valence-electron chi connectivity index (χ3n) is 2.91. The highest BCUT2D eigenvalue weighted by Gasteiger charge is 2.13. The van der Waals surface area contributed by atoms with Crippen LogP contribution >= 0.6 is 27.3 Å². The van der Waals surface area contributed by atoms with Crippen molar-refractivity contribution in [2.75, 3.05) is 0 Å². The Morgan fingerprint density at radius 2 is 1.88 bits per heavy atom. The van der Waals surface area contributed by atoms with Gasteiger partial charge in [0.15, 0.2) is 0 Å². The highest BCUT2D eigenvalue weighted by Crippen LogP contribution is 2.26. The second-order valence-electron chi connectivity index (χ2n) is 4.19. The SMILES string of the molecule is C[C@H](N[C@H](C)c1ccccc1Br)c1ccsc1. The Balaban J connectivity index is 2.07. The molecule has 17 heavy (non-hydrogen) atoms. The topological polar surface area (TPSA) is 12.0 Å². The Bertz CT molecular complexity index is 467. The predicted octanol–water partition coefficient (Wildman–Crippen LogP) is 4.92. The van der Waals surface area contributed by atoms with Gasteiger partial charge in [-0.15, -0.1) is 0 Å². The monoisotopic (exact) mass is 309 g/mol. The molecule has 0 radical (unpaired) electrons. The molecule has 0 aliphatic rings. The first-order valence-corrected chi connectivity index (χ1v) is 7.44. The van der Waals surface area contributed by atoms with Crippen molar-refractivity contribution in [2.24, 2.45) is 0 Å². The van der Waals surface area contributed by atoms with Crippen LogP contribution < -0.4 is 5.32 Å². The Kier molecular flexibility index (Phi) is 4.37. The van der Waals surface area contributed by atoms with E-state index in [4.69, 9.17) is 0 Å². The lowest BCUT2D eigenvalue weighted by Crippen LogP contribution is -2.22. The third kappa shape index (κ3) is 3.18. The van der Waals surface area contributed by atoms with Crippen molar-refractivity contribution < 1.29 is 0 Å². The fourth-order valence-electron chi connectivity index (χ4n) is 1.91. The highest BCUT2D eigenvalue weighted by atomic mass is 79.9. The van der Waals surface area contributed by atoms with Crippen LogP contribution in [0.5, 0.6) is 0 Å². The summed E-state index contributed by atoms with van der Waals surface area (Å²) >= 11 is 5.34. The number of rotatable bonds is 4. The minimum Gasteiger partial charge on any atom is -0.304 e. The molecule has 3 heteroatoms. The van der Waals surface area contributed by atoms with Gasteiger partial charge in [0, 0.05) is 16.6 Å². The van der Waals surface area contributed by atoms with Crippen LogP contribution in [0.4, 0.5) is 0 Å². The van der Waals surface area contributed by atoms with Crippen molar-refractivity contribution in [3.8, 4) is 0 Å². The summed E-state index contributed by atoms with van der Waals surface area (Å²) in [5.41, 5.74) is 2.66. The molecule has 1 nitrogen and oxygen atoms in total. The van der Waals surface area contributed by atoms with Gasteiger partial charge < -0.3 is 5.32 Å². The largest absolute Gasteiger partial charge is 0.304 e. The number of thiophene rings is 1. The first-order chi connectivity index (χ1) is 8.18. The van der Waals surface area contributed by atoms with E-state index >= 15 is 0 Å². The standard InChI is InChI=1S/C14H16BrNS/c1-10(12-7-8-17-9-12)16-11(2)13-5-3-4-6-14(13)15/h3-11,16H,1-2H3/t10-,11+/m0/s1. The molecule has 0 aliphatic carbocycles. The summed E-state index contributed by atoms with van der Waals surface area (Å²) in [5, 5.41) is 7.94. The minimum atomic E-state index is 0.334. The maximum Gasteiger partial charge on any atom is 0.0308 e. The minimum absolute atomic E-state index is 0.334. The number of benzene rings is 1. The van der Waals surface area contributed by atoms with Gasteiger partial charge in [-0.3, -0.25) is 0 Å². The molecule has 0 fully saturated rings. The van der Waals surface area contributed by atoms with Crippen LogP contribution in [-0.4, -0.2) is 0 Å². The van der Waals surface area contributed by atoms with Gasteiger partial charge in [0.1, 0.15) is 0 Å². The Morgan fingerprint density at radius 1 is 1.12 bits per heavy atom. The van der Waals surface area contributed by atoms with Crippen LogP contribution in [0.2, 0.25) is 0 Å². The van der Waals surface area contributed by atoms with Crippen LogP contribution in [0.25, 0.3) is 0 Å². The average Bonchev–Trinajstić information content (AvgIpc) is 2.82. The van der Waals surface area contributed by atoms with Crippen LogP contribution in [0, 0.1) is 0 Å². The highest BCUT2D eigenvalue weighted by molar-refractivity contribution is 9.10. The fraction of sp³-hybridized carbons (Fsp3) is 0.286. The van der Waals surface area contributed by atoms with E-state index in [1.807, 2.05) is 6.07 Å². The van der Waals surface area contributed by atoms with Crippen molar-refractivity contribution in [1.29, 1.82) is 0 Å². The summed E-state index contributed by atoms with van der Waals surface area (Å²) in [7, 11) is 0. The first-order valence-electron chi connectivity index (χ1n) is 5.71. The van der Waals surface area contributed by atoms with E-state index in [9.17, 15) is 0 Å². The van der Waals surface area contributed by atoms with Crippen LogP contribution in [0.3, 0.4) is 0 Å². The number of halogens is 1. The van der Waals surface area contributed by atoms with Crippen LogP contribution in [0.15, 0.2) is 45.6 Å². The lowest BCUT2D eigenvalue weighted by Gasteiger charge is -2.20. The van der Waals surface area contributed by atoms with Crippen molar-refractivity contribution in [1.82, 2.24) is 5.32 Å². The molecule has 1 heterocycles. The van der Waals surface area contributed by atoms with E-state index in [0.29, 0.717) is 12.1 Å². The molecule has 0 saturated carbocycles. The first kappa shape index (κ1) is 12.8. The Hall–Kier alpha value is -0.640. The number of hydrogen-bond acceptors (Lipinski definition) is 2. The molecule has 1 N–H and O–H groups in total. The zero-order valence-corrected chi connectivity index (χ0v) is 12.4. The molecule has 0 bridgehead atoms. The molecule has 2 rings (SSSR count). The van der Waals surface area contributed by atoms with Crippen LogP contribution in [-0.2, 0) is 0 Å². The summed E-state index contributed by atoms with van der Waals surface area (Å²) in [6.45, 7) is 4.40. The maximum absolute atomic E-state index is 3.62. The lowest BCUT2D eigenvalue weighted by atomic mass is 10.1. The van der Waals surface area contributed by atoms with Gasteiger partial charge in [0.05, 0.1) is 0 Å². The Labute approximate surface area is 115 Å². The van der Waals surface area contributed by atoms with Gasteiger partial charge in [0.25, 0.3) is 0 Å². The van der Waals surface area contributed by atoms with E-state index < -0.39 is 0 Å². The Morgan fingerprint density at radius 3 is 2.53 bits per heavy atom. The predicted molar refractivity (Wildman–Crippen MR) is 78.4 cm³/mol. The number of hydrogen-bond donors (Lipinski definition) is 1. The molecule has 0 saturated heterocycles. The third-order valence-corrected chi connectivity index (χ3v) is 4.34.